The van der Waals surface area contributed by atoms with Crippen molar-refractivity contribution < 1.29 is 0 Å². The average molecular weight is 181 g/mol. The van der Waals surface area contributed by atoms with Crippen molar-refractivity contribution in [3.05, 3.63) is 39.0 Å². The molecule has 0 aromatic carbocycles. The predicted molar refractivity (Wildman–Crippen MR) is 49.2 cm³/mol. The van der Waals surface area contributed by atoms with E-state index in [0.717, 1.165) is 6.42 Å². The Morgan fingerprint density at radius 2 is 2.45 bits per heavy atom. The van der Waals surface area contributed by atoms with Gasteiger partial charge in [-0.1, -0.05) is 0 Å². The van der Waals surface area contributed by atoms with E-state index in [4.69, 9.17) is 0 Å². The van der Waals surface area contributed by atoms with Crippen LogP contribution in [0.3, 0.4) is 0 Å². The summed E-state index contributed by atoms with van der Waals surface area (Å²) in [4.78, 5) is 5.36. The van der Waals surface area contributed by atoms with E-state index in [1.54, 1.807) is 22.7 Å². The van der Waals surface area contributed by atoms with Crippen LogP contribution in [0.2, 0.25) is 0 Å². The molecule has 2 aromatic rings. The Morgan fingerprint density at radius 1 is 1.45 bits per heavy atom. The van der Waals surface area contributed by atoms with Gasteiger partial charge in [0, 0.05) is 17.5 Å². The lowest BCUT2D eigenvalue weighted by atomic mass is 10.2. The molecule has 0 bridgehead atoms. The van der Waals surface area contributed by atoms with Crippen LogP contribution in [0.25, 0.3) is 0 Å². The first-order chi connectivity index (χ1) is 5.45. The van der Waals surface area contributed by atoms with Crippen LogP contribution in [0, 0.1) is 0 Å². The number of hydrogen-bond donors (Lipinski definition) is 0. The van der Waals surface area contributed by atoms with Gasteiger partial charge in [-0.3, -0.25) is 4.98 Å². The van der Waals surface area contributed by atoms with E-state index in [1.807, 2.05) is 11.7 Å². The van der Waals surface area contributed by atoms with Gasteiger partial charge >= 0.3 is 0 Å². The second-order valence-electron chi connectivity index (χ2n) is 2.28. The Kier molecular flexibility index (Phi) is 2.01. The predicted octanol–water partition coefficient (Wildman–Crippen LogP) is 2.80. The minimum Gasteiger partial charge on any atom is -0.253 e. The van der Waals surface area contributed by atoms with E-state index in [1.165, 1.54) is 10.4 Å². The van der Waals surface area contributed by atoms with Crippen molar-refractivity contribution in [3.8, 4) is 0 Å². The molecule has 0 atom stereocenters. The monoisotopic (exact) mass is 181 g/mol. The normalized spacial score (nSPS) is 10.2. The van der Waals surface area contributed by atoms with Crippen LogP contribution in [0.5, 0.6) is 0 Å². The second-order valence-corrected chi connectivity index (χ2v) is 4.03. The van der Waals surface area contributed by atoms with E-state index in [9.17, 15) is 0 Å². The first kappa shape index (κ1) is 7.00. The fraction of sp³-hybridized carbons (Fsp3) is 0.125. The van der Waals surface area contributed by atoms with Crippen LogP contribution >= 0.6 is 22.7 Å². The van der Waals surface area contributed by atoms with E-state index in [2.05, 4.69) is 21.8 Å². The first-order valence-corrected chi connectivity index (χ1v) is 5.16. The molecule has 2 heterocycles. The van der Waals surface area contributed by atoms with Gasteiger partial charge in [0.25, 0.3) is 0 Å². The van der Waals surface area contributed by atoms with Gasteiger partial charge in [0.05, 0.1) is 5.51 Å². The number of hydrogen-bond acceptors (Lipinski definition) is 3. The van der Waals surface area contributed by atoms with E-state index >= 15 is 0 Å². The number of rotatable bonds is 2. The number of thiophene rings is 1. The zero-order chi connectivity index (χ0) is 7.52. The van der Waals surface area contributed by atoms with Gasteiger partial charge in [0.2, 0.25) is 0 Å². The first-order valence-electron chi connectivity index (χ1n) is 3.33. The summed E-state index contributed by atoms with van der Waals surface area (Å²) in [6.07, 6.45) is 2.97. The molecular weight excluding hydrogens is 174 g/mol. The molecule has 0 N–H and O–H groups in total. The third kappa shape index (κ3) is 1.67. The van der Waals surface area contributed by atoms with Crippen LogP contribution in [0.1, 0.15) is 10.4 Å². The van der Waals surface area contributed by atoms with Crippen molar-refractivity contribution in [2.24, 2.45) is 0 Å². The van der Waals surface area contributed by atoms with Crippen molar-refractivity contribution in [1.82, 2.24) is 4.98 Å². The average Bonchev–Trinajstić information content (AvgIpc) is 2.60. The van der Waals surface area contributed by atoms with E-state index < -0.39 is 0 Å². The Bertz CT molecular complexity index is 264. The fourth-order valence-corrected chi connectivity index (χ4v) is 2.22. The van der Waals surface area contributed by atoms with Crippen molar-refractivity contribution in [3.63, 3.8) is 0 Å². The maximum Gasteiger partial charge on any atom is 0.0794 e. The molecule has 1 nitrogen and oxygen atoms in total. The van der Waals surface area contributed by atoms with Gasteiger partial charge in [-0.25, -0.2) is 0 Å². The Hall–Kier alpha value is -0.670. The maximum atomic E-state index is 4.02. The number of thiazole rings is 1. The van der Waals surface area contributed by atoms with Gasteiger partial charge in [-0.15, -0.1) is 11.3 Å². The van der Waals surface area contributed by atoms with Crippen molar-refractivity contribution >= 4 is 22.7 Å². The van der Waals surface area contributed by atoms with Crippen LogP contribution in [0.15, 0.2) is 28.5 Å². The molecule has 56 valence electrons. The van der Waals surface area contributed by atoms with Gasteiger partial charge in [0.15, 0.2) is 0 Å². The lowest BCUT2D eigenvalue weighted by Gasteiger charge is -1.89. The molecule has 0 amide bonds. The largest absolute Gasteiger partial charge is 0.253 e. The molecule has 2 aromatic heterocycles. The highest BCUT2D eigenvalue weighted by Gasteiger charge is 1.96. The Labute approximate surface area is 73.4 Å². The summed E-state index contributed by atoms with van der Waals surface area (Å²) < 4.78 is 0. The minimum atomic E-state index is 1.04. The lowest BCUT2D eigenvalue weighted by Crippen LogP contribution is -1.78. The number of aromatic nitrogens is 1. The van der Waals surface area contributed by atoms with Crippen LogP contribution < -0.4 is 0 Å². The van der Waals surface area contributed by atoms with Gasteiger partial charge in [0.1, 0.15) is 0 Å². The highest BCUT2D eigenvalue weighted by atomic mass is 32.1. The molecule has 0 aliphatic rings. The smallest absolute Gasteiger partial charge is 0.0794 e. The molecule has 11 heavy (non-hydrogen) atoms. The molecule has 0 unspecified atom stereocenters. The van der Waals surface area contributed by atoms with Crippen LogP contribution in [-0.2, 0) is 6.42 Å². The van der Waals surface area contributed by atoms with E-state index in [-0.39, 0.29) is 0 Å². The maximum absolute atomic E-state index is 4.02. The Morgan fingerprint density at radius 3 is 3.09 bits per heavy atom. The minimum absolute atomic E-state index is 1.04. The molecule has 2 rings (SSSR count). The molecule has 0 saturated carbocycles. The fourth-order valence-electron chi connectivity index (χ4n) is 0.924. The highest BCUT2D eigenvalue weighted by Crippen LogP contribution is 2.14. The number of nitrogens with zero attached hydrogens (tertiary/aromatic N) is 1. The summed E-state index contributed by atoms with van der Waals surface area (Å²) in [5.41, 5.74) is 3.26. The van der Waals surface area contributed by atoms with Gasteiger partial charge in [-0.05, 0) is 22.4 Å². The zero-order valence-electron chi connectivity index (χ0n) is 5.86. The Balaban J connectivity index is 2.14. The third-order valence-corrected chi connectivity index (χ3v) is 2.95. The quantitative estimate of drug-likeness (QED) is 0.694. The summed E-state index contributed by atoms with van der Waals surface area (Å²) in [5.74, 6) is 0. The van der Waals surface area contributed by atoms with Gasteiger partial charge < -0.3 is 0 Å². The molecule has 0 radical (unpaired) electrons. The molecule has 0 fully saturated rings. The topological polar surface area (TPSA) is 12.9 Å². The van der Waals surface area contributed by atoms with Crippen molar-refractivity contribution in [1.29, 1.82) is 0 Å². The lowest BCUT2D eigenvalue weighted by molar-refractivity contribution is 1.24. The second kappa shape index (κ2) is 3.15. The summed E-state index contributed by atoms with van der Waals surface area (Å²) in [5, 5.41) is 4.29. The molecule has 3 heteroatoms. The van der Waals surface area contributed by atoms with Gasteiger partial charge in [-0.2, -0.15) is 11.3 Å². The van der Waals surface area contributed by atoms with Crippen LogP contribution in [0.4, 0.5) is 0 Å². The van der Waals surface area contributed by atoms with Crippen molar-refractivity contribution in [2.75, 3.05) is 0 Å². The molecule has 0 saturated heterocycles. The van der Waals surface area contributed by atoms with E-state index in [0.29, 0.717) is 0 Å². The van der Waals surface area contributed by atoms with Crippen LogP contribution in [-0.4, -0.2) is 4.98 Å². The summed E-state index contributed by atoms with van der Waals surface area (Å²) in [7, 11) is 0. The SMILES string of the molecule is c1cc(Cc2cncs2)cs1. The zero-order valence-corrected chi connectivity index (χ0v) is 7.49. The summed E-state index contributed by atoms with van der Waals surface area (Å²) in [6, 6.07) is 2.16. The molecule has 0 aliphatic carbocycles. The summed E-state index contributed by atoms with van der Waals surface area (Å²) >= 11 is 3.46. The van der Waals surface area contributed by atoms with Crippen molar-refractivity contribution in [2.45, 2.75) is 6.42 Å². The third-order valence-electron chi connectivity index (χ3n) is 1.44. The highest BCUT2D eigenvalue weighted by molar-refractivity contribution is 7.09. The molecular formula is C8H7NS2. The molecule has 0 spiro atoms. The standard InChI is InChI=1S/C8H7NS2/c1-2-10-5-7(1)3-8-4-9-6-11-8/h1-2,4-6H,3H2. The molecule has 0 aliphatic heterocycles. The summed E-state index contributed by atoms with van der Waals surface area (Å²) in [6.45, 7) is 0.